The van der Waals surface area contributed by atoms with Gasteiger partial charge in [-0.1, -0.05) is 19.1 Å². The molecule has 0 atom stereocenters. The van der Waals surface area contributed by atoms with Crippen molar-refractivity contribution in [2.45, 2.75) is 26.4 Å². The zero-order valence-corrected chi connectivity index (χ0v) is 17.9. The van der Waals surface area contributed by atoms with Crippen LogP contribution in [0.15, 0.2) is 41.4 Å². The number of aryl methyl sites for hydroxylation is 1. The van der Waals surface area contributed by atoms with Crippen molar-refractivity contribution in [2.75, 3.05) is 14.1 Å². The van der Waals surface area contributed by atoms with Crippen LogP contribution in [0.5, 0.6) is 0 Å². The molecule has 2 rings (SSSR count). The number of amides is 1. The van der Waals surface area contributed by atoms with Crippen LogP contribution in [0.1, 0.15) is 32.6 Å². The van der Waals surface area contributed by atoms with E-state index in [0.717, 1.165) is 24.5 Å². The average Bonchev–Trinajstić information content (AvgIpc) is 3.09. The third kappa shape index (κ3) is 6.66. The molecule has 0 radical (unpaired) electrons. The molecule has 0 aliphatic carbocycles. The smallest absolute Gasteiger partial charge is 0.251 e. The molecule has 7 heteroatoms. The first-order valence-corrected chi connectivity index (χ1v) is 8.81. The van der Waals surface area contributed by atoms with Crippen molar-refractivity contribution in [3.8, 4) is 0 Å². The lowest BCUT2D eigenvalue weighted by Gasteiger charge is -2.12. The second-order valence-electron chi connectivity index (χ2n) is 5.28. The predicted octanol–water partition coefficient (Wildman–Crippen LogP) is 3.15. The summed E-state index contributed by atoms with van der Waals surface area (Å²) in [5.74, 6) is 0.663. The maximum atomic E-state index is 11.7. The summed E-state index contributed by atoms with van der Waals surface area (Å²) in [6, 6.07) is 11.9. The lowest BCUT2D eigenvalue weighted by molar-refractivity contribution is 0.0963. The number of hydrogen-bond acceptors (Lipinski definition) is 3. The van der Waals surface area contributed by atoms with Gasteiger partial charge in [0.1, 0.15) is 0 Å². The van der Waals surface area contributed by atoms with Gasteiger partial charge in [0.15, 0.2) is 5.96 Å². The molecule has 0 saturated carbocycles. The quantitative estimate of drug-likeness (QED) is 0.344. The first kappa shape index (κ1) is 21.4. The molecular weight excluding hydrogens is 447 g/mol. The highest BCUT2D eigenvalue weighted by Gasteiger charge is 2.05. The molecule has 0 unspecified atom stereocenters. The van der Waals surface area contributed by atoms with Gasteiger partial charge >= 0.3 is 0 Å². The fraction of sp³-hybridized carbons (Fsp3) is 0.333. The molecule has 2 aromatic rings. The largest absolute Gasteiger partial charge is 0.355 e. The zero-order valence-electron chi connectivity index (χ0n) is 14.8. The van der Waals surface area contributed by atoms with Crippen molar-refractivity contribution in [3.05, 3.63) is 57.3 Å². The number of aliphatic imine (C=N–C) groups is 1. The molecule has 0 saturated heterocycles. The SMILES string of the molecule is CCc1ccc(CNC(=NC)NCc2cccc(C(=O)NC)c2)s1.I. The molecule has 136 valence electrons. The van der Waals surface area contributed by atoms with Gasteiger partial charge in [0.25, 0.3) is 5.91 Å². The van der Waals surface area contributed by atoms with Gasteiger partial charge in [-0.05, 0) is 36.2 Å². The third-order valence-electron chi connectivity index (χ3n) is 3.60. The van der Waals surface area contributed by atoms with Crippen LogP contribution in [0.3, 0.4) is 0 Å². The van der Waals surface area contributed by atoms with Crippen LogP contribution in [-0.2, 0) is 19.5 Å². The van der Waals surface area contributed by atoms with Crippen molar-refractivity contribution >= 4 is 47.2 Å². The van der Waals surface area contributed by atoms with Crippen molar-refractivity contribution in [1.82, 2.24) is 16.0 Å². The monoisotopic (exact) mass is 472 g/mol. The highest BCUT2D eigenvalue weighted by Crippen LogP contribution is 2.16. The molecule has 5 nitrogen and oxygen atoms in total. The van der Waals surface area contributed by atoms with E-state index < -0.39 is 0 Å². The number of rotatable bonds is 6. The third-order valence-corrected chi connectivity index (χ3v) is 4.83. The summed E-state index contributed by atoms with van der Waals surface area (Å²) in [5, 5.41) is 9.22. The minimum Gasteiger partial charge on any atom is -0.355 e. The fourth-order valence-electron chi connectivity index (χ4n) is 2.25. The van der Waals surface area contributed by atoms with Crippen LogP contribution in [0.4, 0.5) is 0 Å². The van der Waals surface area contributed by atoms with Crippen LogP contribution in [0.25, 0.3) is 0 Å². The number of nitrogens with zero attached hydrogens (tertiary/aromatic N) is 1. The van der Waals surface area contributed by atoms with E-state index in [9.17, 15) is 4.79 Å². The van der Waals surface area contributed by atoms with E-state index in [0.29, 0.717) is 12.1 Å². The number of hydrogen-bond donors (Lipinski definition) is 3. The molecular formula is C18H25IN4OS. The molecule has 1 amide bonds. The standard InChI is InChI=1S/C18H24N4OS.HI/c1-4-15-8-9-16(24-15)12-22-18(20-3)21-11-13-6-5-7-14(10-13)17(23)19-2;/h5-10H,4,11-12H2,1-3H3,(H,19,23)(H2,20,21,22);1H. The summed E-state index contributed by atoms with van der Waals surface area (Å²) in [4.78, 5) is 18.6. The lowest BCUT2D eigenvalue weighted by Crippen LogP contribution is -2.36. The number of carbonyl (C=O) groups excluding carboxylic acids is 1. The molecule has 3 N–H and O–H groups in total. The number of carbonyl (C=O) groups is 1. The highest BCUT2D eigenvalue weighted by molar-refractivity contribution is 14.0. The Morgan fingerprint density at radius 1 is 1.12 bits per heavy atom. The Labute approximate surface area is 170 Å². The van der Waals surface area contributed by atoms with Crippen molar-refractivity contribution in [3.63, 3.8) is 0 Å². The second-order valence-corrected chi connectivity index (χ2v) is 6.53. The molecule has 25 heavy (non-hydrogen) atoms. The molecule has 0 aliphatic heterocycles. The van der Waals surface area contributed by atoms with E-state index in [1.54, 1.807) is 20.2 Å². The Kier molecular flexibility index (Phi) is 9.51. The minimum absolute atomic E-state index is 0. The molecule has 0 spiro atoms. The number of nitrogens with one attached hydrogen (secondary N) is 3. The van der Waals surface area contributed by atoms with E-state index in [-0.39, 0.29) is 29.9 Å². The van der Waals surface area contributed by atoms with Gasteiger partial charge < -0.3 is 16.0 Å². The van der Waals surface area contributed by atoms with E-state index in [1.165, 1.54) is 9.75 Å². The van der Waals surface area contributed by atoms with Crippen LogP contribution < -0.4 is 16.0 Å². The lowest BCUT2D eigenvalue weighted by atomic mass is 10.1. The number of guanidine groups is 1. The first-order valence-electron chi connectivity index (χ1n) is 7.99. The first-order chi connectivity index (χ1) is 11.7. The molecule has 1 heterocycles. The van der Waals surface area contributed by atoms with Gasteiger partial charge in [0, 0.05) is 36.0 Å². The highest BCUT2D eigenvalue weighted by atomic mass is 127. The topological polar surface area (TPSA) is 65.5 Å². The van der Waals surface area contributed by atoms with E-state index in [2.05, 4.69) is 40.0 Å². The van der Waals surface area contributed by atoms with Gasteiger partial charge in [-0.15, -0.1) is 35.3 Å². The normalized spacial score (nSPS) is 10.8. The molecule has 1 aromatic carbocycles. The number of benzene rings is 1. The van der Waals surface area contributed by atoms with E-state index >= 15 is 0 Å². The van der Waals surface area contributed by atoms with Crippen LogP contribution in [-0.4, -0.2) is 26.0 Å². The summed E-state index contributed by atoms with van der Waals surface area (Å²) >= 11 is 1.82. The Morgan fingerprint density at radius 2 is 1.84 bits per heavy atom. The molecule has 0 fully saturated rings. The number of thiophene rings is 1. The summed E-state index contributed by atoms with van der Waals surface area (Å²) in [6.07, 6.45) is 1.07. The van der Waals surface area contributed by atoms with Gasteiger partial charge in [-0.2, -0.15) is 0 Å². The zero-order chi connectivity index (χ0) is 17.4. The maximum Gasteiger partial charge on any atom is 0.251 e. The maximum absolute atomic E-state index is 11.7. The summed E-state index contributed by atoms with van der Waals surface area (Å²) in [6.45, 7) is 3.52. The Balaban J connectivity index is 0.00000312. The minimum atomic E-state index is -0.0798. The average molecular weight is 472 g/mol. The summed E-state index contributed by atoms with van der Waals surface area (Å²) in [5.41, 5.74) is 1.69. The Morgan fingerprint density at radius 3 is 2.48 bits per heavy atom. The van der Waals surface area contributed by atoms with Crippen molar-refractivity contribution in [1.29, 1.82) is 0 Å². The van der Waals surface area contributed by atoms with E-state index in [1.807, 2.05) is 29.5 Å². The molecule has 1 aromatic heterocycles. The second kappa shape index (κ2) is 11.1. The van der Waals surface area contributed by atoms with Gasteiger partial charge in [-0.3, -0.25) is 9.79 Å². The fourth-order valence-corrected chi connectivity index (χ4v) is 3.15. The van der Waals surface area contributed by atoms with Crippen LogP contribution in [0.2, 0.25) is 0 Å². The number of halogens is 1. The molecule has 0 bridgehead atoms. The van der Waals surface area contributed by atoms with Crippen molar-refractivity contribution < 1.29 is 4.79 Å². The Hall–Kier alpha value is -1.61. The predicted molar refractivity (Wildman–Crippen MR) is 116 cm³/mol. The Bertz CT molecular complexity index is 715. The van der Waals surface area contributed by atoms with Crippen LogP contribution in [0, 0.1) is 0 Å². The van der Waals surface area contributed by atoms with Gasteiger partial charge in [0.2, 0.25) is 0 Å². The van der Waals surface area contributed by atoms with Crippen LogP contribution >= 0.6 is 35.3 Å². The summed E-state index contributed by atoms with van der Waals surface area (Å²) in [7, 11) is 3.38. The van der Waals surface area contributed by atoms with Gasteiger partial charge in [-0.25, -0.2) is 0 Å². The molecule has 0 aliphatic rings. The van der Waals surface area contributed by atoms with Gasteiger partial charge in [0.05, 0.1) is 6.54 Å². The summed E-state index contributed by atoms with van der Waals surface area (Å²) < 4.78 is 0. The van der Waals surface area contributed by atoms with Crippen molar-refractivity contribution in [2.24, 2.45) is 4.99 Å². The van der Waals surface area contributed by atoms with E-state index in [4.69, 9.17) is 0 Å².